The summed E-state index contributed by atoms with van der Waals surface area (Å²) in [4.78, 5) is 16.4. The van der Waals surface area contributed by atoms with Gasteiger partial charge in [0.15, 0.2) is 11.8 Å². The highest BCUT2D eigenvalue weighted by molar-refractivity contribution is 5.82. The number of carbonyl (C=O) groups is 1. The largest absolute Gasteiger partial charge is 0.481 e. The van der Waals surface area contributed by atoms with E-state index in [1.807, 2.05) is 44.2 Å². The van der Waals surface area contributed by atoms with Gasteiger partial charge in [-0.1, -0.05) is 6.07 Å². The van der Waals surface area contributed by atoms with E-state index in [0.29, 0.717) is 17.9 Å². The number of ether oxygens (including phenoxy) is 1. The number of aryl methyl sites for hydroxylation is 2. The molecule has 1 amide bonds. The second kappa shape index (κ2) is 6.70. The summed E-state index contributed by atoms with van der Waals surface area (Å²) < 4.78 is 5.72. The lowest BCUT2D eigenvalue weighted by molar-refractivity contribution is -0.127. The molecule has 2 N–H and O–H groups in total. The minimum atomic E-state index is -0.584. The molecule has 0 aliphatic rings. The molecule has 2 heterocycles. The van der Waals surface area contributed by atoms with Crippen LogP contribution in [-0.4, -0.2) is 27.2 Å². The maximum absolute atomic E-state index is 12.2. The molecule has 1 aromatic carbocycles. The summed E-state index contributed by atoms with van der Waals surface area (Å²) in [6.45, 7) is 6.14. The second-order valence-corrected chi connectivity index (χ2v) is 5.80. The zero-order valence-electron chi connectivity index (χ0n) is 14.0. The van der Waals surface area contributed by atoms with Gasteiger partial charge in [0, 0.05) is 11.6 Å². The number of pyridine rings is 1. The summed E-state index contributed by atoms with van der Waals surface area (Å²) in [6.07, 6.45) is 1.10. The first kappa shape index (κ1) is 16.0. The highest BCUT2D eigenvalue weighted by atomic mass is 16.5. The number of fused-ring (bicyclic) bond motifs is 1. The lowest BCUT2D eigenvalue weighted by Gasteiger charge is -2.15. The first-order valence-electron chi connectivity index (χ1n) is 7.84. The minimum absolute atomic E-state index is 0.181. The zero-order chi connectivity index (χ0) is 17.1. The quantitative estimate of drug-likeness (QED) is 0.756. The van der Waals surface area contributed by atoms with Crippen LogP contribution in [0.4, 0.5) is 0 Å². The smallest absolute Gasteiger partial charge is 0.261 e. The van der Waals surface area contributed by atoms with Gasteiger partial charge < -0.3 is 10.1 Å². The molecule has 1 atom stereocenters. The average molecular weight is 324 g/mol. The van der Waals surface area contributed by atoms with Crippen molar-refractivity contribution in [3.05, 3.63) is 53.3 Å². The van der Waals surface area contributed by atoms with E-state index in [-0.39, 0.29) is 5.91 Å². The van der Waals surface area contributed by atoms with Crippen LogP contribution < -0.4 is 10.1 Å². The van der Waals surface area contributed by atoms with Gasteiger partial charge in [-0.05, 0) is 56.2 Å². The van der Waals surface area contributed by atoms with Gasteiger partial charge in [-0.15, -0.1) is 0 Å². The molecule has 6 heteroatoms. The standard InChI is InChI=1S/C18H20N4O2/c1-11-6-7-14(9-12(11)2)24-13(3)18(23)20-10-16-15-5-4-8-19-17(15)22-21-16/h4-9,13H,10H2,1-3H3,(H,20,23)(H,19,21,22). The highest BCUT2D eigenvalue weighted by Gasteiger charge is 2.15. The van der Waals surface area contributed by atoms with Gasteiger partial charge in [0.2, 0.25) is 0 Å². The Kier molecular flexibility index (Phi) is 4.46. The van der Waals surface area contributed by atoms with Crippen LogP contribution in [0.15, 0.2) is 36.5 Å². The predicted octanol–water partition coefficient (Wildman–Crippen LogP) is 2.66. The molecule has 3 aromatic rings. The number of rotatable bonds is 5. The summed E-state index contributed by atoms with van der Waals surface area (Å²) in [7, 11) is 0. The number of hydrogen-bond donors (Lipinski definition) is 2. The molecular weight excluding hydrogens is 304 g/mol. The van der Waals surface area contributed by atoms with E-state index in [4.69, 9.17) is 4.74 Å². The molecule has 0 radical (unpaired) electrons. The van der Waals surface area contributed by atoms with Crippen molar-refractivity contribution in [3.63, 3.8) is 0 Å². The molecule has 6 nitrogen and oxygen atoms in total. The molecule has 0 spiro atoms. The van der Waals surface area contributed by atoms with Crippen LogP contribution in [0.25, 0.3) is 11.0 Å². The van der Waals surface area contributed by atoms with Gasteiger partial charge >= 0.3 is 0 Å². The lowest BCUT2D eigenvalue weighted by atomic mass is 10.1. The molecule has 124 valence electrons. The molecule has 0 saturated heterocycles. The number of nitrogens with zero attached hydrogens (tertiary/aromatic N) is 2. The maximum atomic E-state index is 12.2. The van der Waals surface area contributed by atoms with Gasteiger partial charge in [0.05, 0.1) is 12.2 Å². The summed E-state index contributed by atoms with van der Waals surface area (Å²) in [5, 5.41) is 10.8. The van der Waals surface area contributed by atoms with Crippen molar-refractivity contribution in [2.75, 3.05) is 0 Å². The first-order valence-corrected chi connectivity index (χ1v) is 7.84. The minimum Gasteiger partial charge on any atom is -0.481 e. The van der Waals surface area contributed by atoms with E-state index in [2.05, 4.69) is 20.5 Å². The Labute approximate surface area is 140 Å². The van der Waals surface area contributed by atoms with E-state index < -0.39 is 6.10 Å². The molecule has 3 rings (SSSR count). The fourth-order valence-electron chi connectivity index (χ4n) is 2.40. The van der Waals surface area contributed by atoms with Gasteiger partial charge in [-0.3, -0.25) is 9.89 Å². The number of nitrogens with one attached hydrogen (secondary N) is 2. The Morgan fingerprint density at radius 1 is 1.29 bits per heavy atom. The number of aromatic nitrogens is 3. The summed E-state index contributed by atoms with van der Waals surface area (Å²) in [6, 6.07) is 9.56. The first-order chi connectivity index (χ1) is 11.5. The average Bonchev–Trinajstić information content (AvgIpc) is 2.99. The Balaban J connectivity index is 1.61. The van der Waals surface area contributed by atoms with Crippen molar-refractivity contribution >= 4 is 16.9 Å². The number of amides is 1. The van der Waals surface area contributed by atoms with E-state index in [1.54, 1.807) is 13.1 Å². The normalized spacial score (nSPS) is 12.1. The monoisotopic (exact) mass is 324 g/mol. The summed E-state index contributed by atoms with van der Waals surface area (Å²) in [5.41, 5.74) is 3.79. The van der Waals surface area contributed by atoms with E-state index in [1.165, 1.54) is 5.56 Å². The highest BCUT2D eigenvalue weighted by Crippen LogP contribution is 2.18. The van der Waals surface area contributed by atoms with E-state index in [0.717, 1.165) is 16.6 Å². The van der Waals surface area contributed by atoms with Crippen LogP contribution in [0.3, 0.4) is 0 Å². The van der Waals surface area contributed by atoms with Crippen LogP contribution in [0.1, 0.15) is 23.7 Å². The van der Waals surface area contributed by atoms with Crippen LogP contribution >= 0.6 is 0 Å². The van der Waals surface area contributed by atoms with Crippen molar-refractivity contribution in [1.82, 2.24) is 20.5 Å². The third kappa shape index (κ3) is 3.37. The van der Waals surface area contributed by atoms with Gasteiger partial charge in [-0.25, -0.2) is 4.98 Å². The van der Waals surface area contributed by atoms with Crippen LogP contribution in [-0.2, 0) is 11.3 Å². The molecule has 2 aromatic heterocycles. The number of aromatic amines is 1. The van der Waals surface area contributed by atoms with E-state index >= 15 is 0 Å². The number of carbonyl (C=O) groups excluding carboxylic acids is 1. The molecular formula is C18H20N4O2. The Morgan fingerprint density at radius 2 is 2.12 bits per heavy atom. The van der Waals surface area contributed by atoms with Crippen molar-refractivity contribution < 1.29 is 9.53 Å². The van der Waals surface area contributed by atoms with Crippen molar-refractivity contribution in [1.29, 1.82) is 0 Å². The van der Waals surface area contributed by atoms with E-state index in [9.17, 15) is 4.79 Å². The summed E-state index contributed by atoms with van der Waals surface area (Å²) in [5.74, 6) is 0.511. The molecule has 0 aliphatic heterocycles. The third-order valence-corrected chi connectivity index (χ3v) is 4.01. The lowest BCUT2D eigenvalue weighted by Crippen LogP contribution is -2.36. The number of benzene rings is 1. The topological polar surface area (TPSA) is 79.9 Å². The Bertz CT molecular complexity index is 872. The molecule has 24 heavy (non-hydrogen) atoms. The van der Waals surface area contributed by atoms with Gasteiger partial charge in [-0.2, -0.15) is 5.10 Å². The Hall–Kier alpha value is -2.89. The van der Waals surface area contributed by atoms with Gasteiger partial charge in [0.25, 0.3) is 5.91 Å². The Morgan fingerprint density at radius 3 is 2.92 bits per heavy atom. The fraction of sp³-hybridized carbons (Fsp3) is 0.278. The van der Waals surface area contributed by atoms with Crippen molar-refractivity contribution in [2.45, 2.75) is 33.4 Å². The van der Waals surface area contributed by atoms with Crippen molar-refractivity contribution in [3.8, 4) is 5.75 Å². The summed E-state index contributed by atoms with van der Waals surface area (Å²) >= 11 is 0. The SMILES string of the molecule is Cc1ccc(OC(C)C(=O)NCc2[nH]nc3ncccc23)cc1C. The second-order valence-electron chi connectivity index (χ2n) is 5.80. The maximum Gasteiger partial charge on any atom is 0.261 e. The molecule has 1 unspecified atom stereocenters. The van der Waals surface area contributed by atoms with Crippen LogP contribution in [0, 0.1) is 13.8 Å². The number of hydrogen-bond acceptors (Lipinski definition) is 4. The predicted molar refractivity (Wildman–Crippen MR) is 91.7 cm³/mol. The molecule has 0 aliphatic carbocycles. The zero-order valence-corrected chi connectivity index (χ0v) is 14.0. The fourth-order valence-corrected chi connectivity index (χ4v) is 2.40. The molecule has 0 saturated carbocycles. The third-order valence-electron chi connectivity index (χ3n) is 4.01. The molecule has 0 bridgehead atoms. The number of H-pyrrole nitrogens is 1. The van der Waals surface area contributed by atoms with Crippen molar-refractivity contribution in [2.24, 2.45) is 0 Å². The van der Waals surface area contributed by atoms with Crippen LogP contribution in [0.2, 0.25) is 0 Å². The van der Waals surface area contributed by atoms with Gasteiger partial charge in [0.1, 0.15) is 5.75 Å². The van der Waals surface area contributed by atoms with Crippen LogP contribution in [0.5, 0.6) is 5.75 Å². The molecule has 0 fully saturated rings.